The molecule has 0 saturated heterocycles. The monoisotopic (exact) mass is 369 g/mol. The molecule has 6 nitrogen and oxygen atoms in total. The number of carbonyl (C=O) groups excluding carboxylic acids is 1. The molecule has 21 heavy (non-hydrogen) atoms. The third-order valence-electron chi connectivity index (χ3n) is 2.83. The molecule has 0 unspecified atom stereocenters. The second-order valence-corrected chi connectivity index (χ2v) is 6.23. The highest BCUT2D eigenvalue weighted by Crippen LogP contribution is 2.20. The largest absolute Gasteiger partial charge is 0.368 e. The van der Waals surface area contributed by atoms with Gasteiger partial charge in [0.25, 0.3) is 0 Å². The fourth-order valence-corrected chi connectivity index (χ4v) is 2.69. The standard InChI is InChI=1S/C13H16BrN5OS/c1-2-10(8-3-5-9(14)6-4-8)16-11(20)7-21-13-17-12(15)18-19-13/h3-6,10H,2,7H2,1H3,(H,16,20)(H3,15,17,18,19)/t10-/m1/s1. The molecule has 8 heteroatoms. The third kappa shape index (κ3) is 4.75. The molecule has 4 N–H and O–H groups in total. The number of hydrogen-bond donors (Lipinski definition) is 3. The molecule has 0 aliphatic rings. The summed E-state index contributed by atoms with van der Waals surface area (Å²) in [5.41, 5.74) is 6.51. The molecule has 1 aromatic carbocycles. The van der Waals surface area contributed by atoms with Crippen molar-refractivity contribution in [2.75, 3.05) is 11.5 Å². The van der Waals surface area contributed by atoms with Crippen LogP contribution in [0.3, 0.4) is 0 Å². The van der Waals surface area contributed by atoms with Gasteiger partial charge >= 0.3 is 0 Å². The van der Waals surface area contributed by atoms with Crippen LogP contribution in [0.4, 0.5) is 5.95 Å². The number of aromatic amines is 1. The molecular formula is C13H16BrN5OS. The minimum Gasteiger partial charge on any atom is -0.368 e. The normalized spacial score (nSPS) is 12.1. The molecule has 0 aliphatic heterocycles. The fourth-order valence-electron chi connectivity index (χ4n) is 1.80. The molecular weight excluding hydrogens is 354 g/mol. The number of nitrogens with two attached hydrogens (primary N) is 1. The van der Waals surface area contributed by atoms with Crippen LogP contribution in [-0.2, 0) is 4.79 Å². The Morgan fingerprint density at radius 2 is 2.19 bits per heavy atom. The van der Waals surface area contributed by atoms with E-state index in [1.165, 1.54) is 11.8 Å². The maximum absolute atomic E-state index is 12.0. The Labute approximate surface area is 135 Å². The van der Waals surface area contributed by atoms with Gasteiger partial charge in [0.2, 0.25) is 17.0 Å². The van der Waals surface area contributed by atoms with Crippen LogP contribution in [-0.4, -0.2) is 26.8 Å². The first-order chi connectivity index (χ1) is 10.1. The van der Waals surface area contributed by atoms with Gasteiger partial charge in [0.05, 0.1) is 11.8 Å². The molecule has 2 rings (SSSR count). The fraction of sp³-hybridized carbons (Fsp3) is 0.308. The van der Waals surface area contributed by atoms with Gasteiger partial charge in [-0.15, -0.1) is 5.10 Å². The highest BCUT2D eigenvalue weighted by atomic mass is 79.9. The molecule has 112 valence electrons. The summed E-state index contributed by atoms with van der Waals surface area (Å²) in [6, 6.07) is 7.94. The van der Waals surface area contributed by atoms with Crippen LogP contribution < -0.4 is 11.1 Å². The smallest absolute Gasteiger partial charge is 0.230 e. The first kappa shape index (κ1) is 15.8. The molecule has 0 fully saturated rings. The van der Waals surface area contributed by atoms with Crippen LogP contribution in [0.2, 0.25) is 0 Å². The zero-order chi connectivity index (χ0) is 15.2. The van der Waals surface area contributed by atoms with E-state index in [0.29, 0.717) is 5.16 Å². The molecule has 0 bridgehead atoms. The molecule has 0 radical (unpaired) electrons. The second kappa shape index (κ2) is 7.46. The number of nitrogens with one attached hydrogen (secondary N) is 2. The Morgan fingerprint density at radius 3 is 2.76 bits per heavy atom. The first-order valence-electron chi connectivity index (χ1n) is 6.44. The summed E-state index contributed by atoms with van der Waals surface area (Å²) in [5.74, 6) is 0.446. The van der Waals surface area contributed by atoms with Gasteiger partial charge in [-0.25, -0.2) is 5.10 Å². The number of benzene rings is 1. The van der Waals surface area contributed by atoms with E-state index in [1.54, 1.807) is 0 Å². The topological polar surface area (TPSA) is 96.7 Å². The Hall–Kier alpha value is -1.54. The summed E-state index contributed by atoms with van der Waals surface area (Å²) in [4.78, 5) is 15.9. The highest BCUT2D eigenvalue weighted by molar-refractivity contribution is 9.10. The zero-order valence-corrected chi connectivity index (χ0v) is 13.9. The van der Waals surface area contributed by atoms with Gasteiger partial charge < -0.3 is 11.1 Å². The average molecular weight is 370 g/mol. The van der Waals surface area contributed by atoms with E-state index in [9.17, 15) is 4.79 Å². The number of thioether (sulfide) groups is 1. The molecule has 1 heterocycles. The molecule has 1 amide bonds. The molecule has 1 atom stereocenters. The Bertz CT molecular complexity index is 601. The summed E-state index contributed by atoms with van der Waals surface area (Å²) in [6.45, 7) is 2.04. The highest BCUT2D eigenvalue weighted by Gasteiger charge is 2.13. The van der Waals surface area contributed by atoms with Crippen LogP contribution in [0.5, 0.6) is 0 Å². The van der Waals surface area contributed by atoms with E-state index < -0.39 is 0 Å². The lowest BCUT2D eigenvalue weighted by atomic mass is 10.0. The Kier molecular flexibility index (Phi) is 5.63. The number of nitrogens with zero attached hydrogens (tertiary/aromatic N) is 2. The van der Waals surface area contributed by atoms with Crippen LogP contribution in [0, 0.1) is 0 Å². The van der Waals surface area contributed by atoms with E-state index in [4.69, 9.17) is 5.73 Å². The van der Waals surface area contributed by atoms with E-state index in [2.05, 4.69) is 36.4 Å². The number of amides is 1. The number of carbonyl (C=O) groups is 1. The van der Waals surface area contributed by atoms with Crippen LogP contribution in [0.1, 0.15) is 24.9 Å². The van der Waals surface area contributed by atoms with E-state index in [0.717, 1.165) is 16.5 Å². The lowest BCUT2D eigenvalue weighted by Crippen LogP contribution is -2.29. The van der Waals surface area contributed by atoms with Crippen molar-refractivity contribution in [3.8, 4) is 0 Å². The minimum absolute atomic E-state index is 0.00316. The summed E-state index contributed by atoms with van der Waals surface area (Å²) in [5, 5.41) is 9.89. The Balaban J connectivity index is 1.89. The molecule has 0 spiro atoms. The van der Waals surface area contributed by atoms with Crippen LogP contribution >= 0.6 is 27.7 Å². The predicted molar refractivity (Wildman–Crippen MR) is 86.8 cm³/mol. The third-order valence-corrected chi connectivity index (χ3v) is 4.21. The second-order valence-electron chi connectivity index (χ2n) is 4.37. The minimum atomic E-state index is -0.0573. The summed E-state index contributed by atoms with van der Waals surface area (Å²) in [6.07, 6.45) is 0.825. The summed E-state index contributed by atoms with van der Waals surface area (Å²) in [7, 11) is 0. The molecule has 2 aromatic rings. The van der Waals surface area contributed by atoms with Crippen LogP contribution in [0.25, 0.3) is 0 Å². The van der Waals surface area contributed by atoms with Crippen LogP contribution in [0.15, 0.2) is 33.9 Å². The van der Waals surface area contributed by atoms with Gasteiger partial charge in [-0.2, -0.15) is 4.98 Å². The number of nitrogen functional groups attached to an aromatic ring is 1. The van der Waals surface area contributed by atoms with Crippen molar-refractivity contribution in [3.63, 3.8) is 0 Å². The predicted octanol–water partition coefficient (Wildman–Crippen LogP) is 2.51. The average Bonchev–Trinajstić information content (AvgIpc) is 2.89. The van der Waals surface area contributed by atoms with Crippen molar-refractivity contribution in [2.24, 2.45) is 0 Å². The van der Waals surface area contributed by atoms with E-state index >= 15 is 0 Å². The maximum atomic E-state index is 12.0. The van der Waals surface area contributed by atoms with Gasteiger partial charge in [-0.05, 0) is 24.1 Å². The van der Waals surface area contributed by atoms with Crippen molar-refractivity contribution in [1.29, 1.82) is 0 Å². The number of aromatic nitrogens is 3. The van der Waals surface area contributed by atoms with Gasteiger partial charge in [0.1, 0.15) is 0 Å². The number of anilines is 1. The van der Waals surface area contributed by atoms with Gasteiger partial charge in [0.15, 0.2) is 0 Å². The molecule has 1 aromatic heterocycles. The SMILES string of the molecule is CC[C@@H](NC(=O)CSc1n[nH]c(N)n1)c1ccc(Br)cc1. The Morgan fingerprint density at radius 1 is 1.48 bits per heavy atom. The van der Waals surface area contributed by atoms with Crippen molar-refractivity contribution in [3.05, 3.63) is 34.3 Å². The maximum Gasteiger partial charge on any atom is 0.230 e. The lowest BCUT2D eigenvalue weighted by Gasteiger charge is -2.17. The molecule has 0 aliphatic carbocycles. The van der Waals surface area contributed by atoms with Gasteiger partial charge in [0, 0.05) is 4.47 Å². The van der Waals surface area contributed by atoms with Crippen molar-refractivity contribution in [1.82, 2.24) is 20.5 Å². The zero-order valence-electron chi connectivity index (χ0n) is 11.5. The summed E-state index contributed by atoms with van der Waals surface area (Å²) >= 11 is 4.65. The number of rotatable bonds is 6. The lowest BCUT2D eigenvalue weighted by molar-refractivity contribution is -0.119. The van der Waals surface area contributed by atoms with Gasteiger partial charge in [-0.3, -0.25) is 4.79 Å². The van der Waals surface area contributed by atoms with Crippen molar-refractivity contribution < 1.29 is 4.79 Å². The summed E-state index contributed by atoms with van der Waals surface area (Å²) < 4.78 is 1.02. The number of H-pyrrole nitrogens is 1. The van der Waals surface area contributed by atoms with E-state index in [-0.39, 0.29) is 23.7 Å². The number of hydrogen-bond acceptors (Lipinski definition) is 5. The van der Waals surface area contributed by atoms with Crippen molar-refractivity contribution >= 4 is 39.5 Å². The first-order valence-corrected chi connectivity index (χ1v) is 8.22. The quantitative estimate of drug-likeness (QED) is 0.679. The van der Waals surface area contributed by atoms with Crippen molar-refractivity contribution in [2.45, 2.75) is 24.5 Å². The van der Waals surface area contributed by atoms with Gasteiger partial charge in [-0.1, -0.05) is 46.7 Å². The number of halogens is 1. The molecule has 0 saturated carbocycles. The van der Waals surface area contributed by atoms with E-state index in [1.807, 2.05) is 31.2 Å².